The number of carbonyl (C=O) groups is 1. The van der Waals surface area contributed by atoms with E-state index >= 15 is 0 Å². The topological polar surface area (TPSA) is 41.1 Å². The number of halogens is 1. The summed E-state index contributed by atoms with van der Waals surface area (Å²) in [6.07, 6.45) is 3.07. The predicted molar refractivity (Wildman–Crippen MR) is 83.1 cm³/mol. The van der Waals surface area contributed by atoms with Crippen LogP contribution in [0.15, 0.2) is 24.3 Å². The summed E-state index contributed by atoms with van der Waals surface area (Å²) < 4.78 is 0. The van der Waals surface area contributed by atoms with Crippen molar-refractivity contribution in [3.63, 3.8) is 0 Å². The van der Waals surface area contributed by atoms with E-state index in [9.17, 15) is 4.79 Å². The molecule has 2 rings (SSSR count). The Balaban J connectivity index is 1.77. The second-order valence-electron chi connectivity index (χ2n) is 5.57. The van der Waals surface area contributed by atoms with Crippen LogP contribution in [-0.2, 0) is 4.79 Å². The molecule has 1 atom stereocenters. The average molecular weight is 295 g/mol. The van der Waals surface area contributed by atoms with E-state index in [1.807, 2.05) is 25.1 Å². The van der Waals surface area contributed by atoms with Crippen LogP contribution in [0.1, 0.15) is 44.6 Å². The van der Waals surface area contributed by atoms with Gasteiger partial charge in [0.1, 0.15) is 0 Å². The van der Waals surface area contributed by atoms with Crippen molar-refractivity contribution in [3.8, 4) is 0 Å². The van der Waals surface area contributed by atoms with E-state index < -0.39 is 0 Å². The molecular formula is C16H23ClN2O. The molecule has 1 amide bonds. The van der Waals surface area contributed by atoms with Gasteiger partial charge in [-0.05, 0) is 43.7 Å². The molecule has 0 heterocycles. The number of hydrogen-bond donors (Lipinski definition) is 2. The summed E-state index contributed by atoms with van der Waals surface area (Å²) in [6, 6.07) is 8.32. The van der Waals surface area contributed by atoms with E-state index in [2.05, 4.69) is 23.6 Å². The van der Waals surface area contributed by atoms with Crippen LogP contribution in [0.4, 0.5) is 0 Å². The summed E-state index contributed by atoms with van der Waals surface area (Å²) in [4.78, 5) is 11.8. The highest BCUT2D eigenvalue weighted by molar-refractivity contribution is 6.31. The highest BCUT2D eigenvalue weighted by atomic mass is 35.5. The molecule has 2 N–H and O–H groups in total. The molecule has 4 heteroatoms. The van der Waals surface area contributed by atoms with Gasteiger partial charge in [0.15, 0.2) is 0 Å². The van der Waals surface area contributed by atoms with E-state index in [0.29, 0.717) is 12.0 Å². The standard InChI is InChI=1S/C16H23ClN2O/c1-3-8-18-16(20)11(2)19-13-9-12(10-13)14-6-4-5-7-15(14)17/h4-7,11-13,19H,3,8-10H2,1-2H3,(H,18,20). The lowest BCUT2D eigenvalue weighted by Crippen LogP contribution is -2.50. The molecule has 0 aromatic heterocycles. The zero-order chi connectivity index (χ0) is 14.5. The number of rotatable bonds is 6. The van der Waals surface area contributed by atoms with Gasteiger partial charge in [-0.15, -0.1) is 0 Å². The molecular weight excluding hydrogens is 272 g/mol. The zero-order valence-electron chi connectivity index (χ0n) is 12.2. The molecule has 1 fully saturated rings. The minimum absolute atomic E-state index is 0.0908. The van der Waals surface area contributed by atoms with Crippen LogP contribution < -0.4 is 10.6 Å². The Labute approximate surface area is 126 Å². The Morgan fingerprint density at radius 3 is 2.75 bits per heavy atom. The fourth-order valence-electron chi connectivity index (χ4n) is 2.64. The third-order valence-corrected chi connectivity index (χ3v) is 4.26. The fourth-order valence-corrected chi connectivity index (χ4v) is 2.93. The average Bonchev–Trinajstić information content (AvgIpc) is 2.40. The maximum Gasteiger partial charge on any atom is 0.236 e. The van der Waals surface area contributed by atoms with Crippen LogP contribution in [0.2, 0.25) is 5.02 Å². The van der Waals surface area contributed by atoms with Crippen molar-refractivity contribution in [2.45, 2.75) is 51.1 Å². The van der Waals surface area contributed by atoms with Crippen molar-refractivity contribution >= 4 is 17.5 Å². The number of carbonyl (C=O) groups excluding carboxylic acids is 1. The van der Waals surface area contributed by atoms with Crippen molar-refractivity contribution in [3.05, 3.63) is 34.9 Å². The van der Waals surface area contributed by atoms with Gasteiger partial charge in [0.2, 0.25) is 5.91 Å². The van der Waals surface area contributed by atoms with Gasteiger partial charge in [-0.25, -0.2) is 0 Å². The first-order chi connectivity index (χ1) is 9.61. The summed E-state index contributed by atoms with van der Waals surface area (Å²) in [6.45, 7) is 4.73. The fraction of sp³-hybridized carbons (Fsp3) is 0.562. The molecule has 0 radical (unpaired) electrons. The Hall–Kier alpha value is -1.06. The number of benzene rings is 1. The minimum Gasteiger partial charge on any atom is -0.355 e. The van der Waals surface area contributed by atoms with E-state index in [1.165, 1.54) is 5.56 Å². The van der Waals surface area contributed by atoms with Gasteiger partial charge < -0.3 is 10.6 Å². The van der Waals surface area contributed by atoms with Gasteiger partial charge in [-0.3, -0.25) is 4.79 Å². The molecule has 0 spiro atoms. The van der Waals surface area contributed by atoms with Crippen LogP contribution in [0.3, 0.4) is 0 Å². The Morgan fingerprint density at radius 1 is 1.40 bits per heavy atom. The maximum atomic E-state index is 11.8. The molecule has 1 saturated carbocycles. The quantitative estimate of drug-likeness (QED) is 0.846. The van der Waals surface area contributed by atoms with Crippen LogP contribution in [0.25, 0.3) is 0 Å². The van der Waals surface area contributed by atoms with Crippen molar-refractivity contribution in [2.24, 2.45) is 0 Å². The summed E-state index contributed by atoms with van der Waals surface area (Å²) >= 11 is 6.21. The van der Waals surface area contributed by atoms with Crippen molar-refractivity contribution in [1.82, 2.24) is 10.6 Å². The molecule has 110 valence electrons. The summed E-state index contributed by atoms with van der Waals surface area (Å²) in [7, 11) is 0. The molecule has 1 unspecified atom stereocenters. The normalized spacial score (nSPS) is 22.9. The van der Waals surface area contributed by atoms with Crippen molar-refractivity contribution in [2.75, 3.05) is 6.54 Å². The number of amides is 1. The van der Waals surface area contributed by atoms with E-state index in [4.69, 9.17) is 11.6 Å². The summed E-state index contributed by atoms with van der Waals surface area (Å²) in [5.74, 6) is 0.611. The van der Waals surface area contributed by atoms with Crippen LogP contribution in [0, 0.1) is 0 Å². The molecule has 0 aliphatic heterocycles. The van der Waals surface area contributed by atoms with Crippen molar-refractivity contribution < 1.29 is 4.79 Å². The summed E-state index contributed by atoms with van der Waals surface area (Å²) in [5.41, 5.74) is 1.23. The monoisotopic (exact) mass is 294 g/mol. The van der Waals surface area contributed by atoms with Gasteiger partial charge in [0.05, 0.1) is 6.04 Å². The largest absolute Gasteiger partial charge is 0.355 e. The van der Waals surface area contributed by atoms with E-state index in [0.717, 1.165) is 30.8 Å². The number of hydrogen-bond acceptors (Lipinski definition) is 2. The van der Waals surface area contributed by atoms with Gasteiger partial charge in [-0.1, -0.05) is 36.7 Å². The van der Waals surface area contributed by atoms with Crippen LogP contribution in [-0.4, -0.2) is 24.5 Å². The molecule has 1 aliphatic carbocycles. The lowest BCUT2D eigenvalue weighted by Gasteiger charge is -2.38. The highest BCUT2D eigenvalue weighted by Gasteiger charge is 2.32. The Kier molecular flexibility index (Phi) is 5.44. The van der Waals surface area contributed by atoms with Crippen LogP contribution in [0.5, 0.6) is 0 Å². The smallest absolute Gasteiger partial charge is 0.236 e. The Bertz CT molecular complexity index is 458. The second kappa shape index (κ2) is 7.09. The van der Waals surface area contributed by atoms with Gasteiger partial charge in [0.25, 0.3) is 0 Å². The molecule has 0 bridgehead atoms. The van der Waals surface area contributed by atoms with Gasteiger partial charge in [0, 0.05) is 17.6 Å². The van der Waals surface area contributed by atoms with Gasteiger partial charge >= 0.3 is 0 Å². The molecule has 1 aliphatic rings. The first-order valence-corrected chi connectivity index (χ1v) is 7.77. The first-order valence-electron chi connectivity index (χ1n) is 7.40. The third-order valence-electron chi connectivity index (χ3n) is 3.91. The third kappa shape index (κ3) is 3.74. The molecule has 1 aromatic rings. The first kappa shape index (κ1) is 15.3. The lowest BCUT2D eigenvalue weighted by molar-refractivity contribution is -0.123. The molecule has 0 saturated heterocycles. The van der Waals surface area contributed by atoms with E-state index in [-0.39, 0.29) is 11.9 Å². The highest BCUT2D eigenvalue weighted by Crippen LogP contribution is 2.39. The zero-order valence-corrected chi connectivity index (χ0v) is 12.9. The SMILES string of the molecule is CCCNC(=O)C(C)NC1CC(c2ccccc2Cl)C1. The second-order valence-corrected chi connectivity index (χ2v) is 5.97. The minimum atomic E-state index is -0.126. The van der Waals surface area contributed by atoms with Crippen LogP contribution >= 0.6 is 11.6 Å². The Morgan fingerprint density at radius 2 is 2.10 bits per heavy atom. The molecule has 1 aromatic carbocycles. The maximum absolute atomic E-state index is 11.8. The van der Waals surface area contributed by atoms with Gasteiger partial charge in [-0.2, -0.15) is 0 Å². The number of nitrogens with one attached hydrogen (secondary N) is 2. The lowest BCUT2D eigenvalue weighted by atomic mass is 9.75. The summed E-state index contributed by atoms with van der Waals surface area (Å²) in [5, 5.41) is 7.16. The van der Waals surface area contributed by atoms with Crippen molar-refractivity contribution in [1.29, 1.82) is 0 Å². The predicted octanol–water partition coefficient (Wildman–Crippen LogP) is 3.09. The molecule has 20 heavy (non-hydrogen) atoms. The van der Waals surface area contributed by atoms with E-state index in [1.54, 1.807) is 0 Å². The molecule has 3 nitrogen and oxygen atoms in total.